The van der Waals surface area contributed by atoms with Crippen molar-refractivity contribution in [2.24, 2.45) is 5.18 Å². The monoisotopic (exact) mass is 597 g/mol. The van der Waals surface area contributed by atoms with Crippen molar-refractivity contribution in [2.75, 3.05) is 27.4 Å². The van der Waals surface area contributed by atoms with Crippen molar-refractivity contribution in [2.45, 2.75) is 6.04 Å². The lowest BCUT2D eigenvalue weighted by atomic mass is 10.2. The molecule has 0 saturated heterocycles. The van der Waals surface area contributed by atoms with E-state index < -0.39 is 24.9 Å². The highest BCUT2D eigenvalue weighted by atomic mass is 31.2. The molecule has 8 nitrogen and oxygen atoms in total. The van der Waals surface area contributed by atoms with Gasteiger partial charge in [0.05, 0.1) is 14.2 Å². The SMILES string of the molecule is COc1ccc(/C=C/C(=O)OCC(COC(=O)C=P(c2ccccc2)(c2ccccc2)c2ccccc2)N=O)cc1OC. The lowest BCUT2D eigenvalue weighted by molar-refractivity contribution is -0.139. The number of nitroso groups, excluding NO2 is 1. The summed E-state index contributed by atoms with van der Waals surface area (Å²) in [5.74, 6) is 1.42. The summed E-state index contributed by atoms with van der Waals surface area (Å²) in [7, 11) is 3.05. The molecular weight excluding hydrogens is 565 g/mol. The Labute approximate surface area is 250 Å². The first-order valence-corrected chi connectivity index (χ1v) is 15.3. The van der Waals surface area contributed by atoms with Crippen LogP contribution in [0.4, 0.5) is 0 Å². The van der Waals surface area contributed by atoms with Crippen LogP contribution in [-0.2, 0) is 19.1 Å². The Morgan fingerprint density at radius 3 is 1.65 bits per heavy atom. The van der Waals surface area contributed by atoms with Gasteiger partial charge >= 0.3 is 11.9 Å². The summed E-state index contributed by atoms with van der Waals surface area (Å²) in [6.45, 7) is -3.27. The summed E-state index contributed by atoms with van der Waals surface area (Å²) >= 11 is 0. The summed E-state index contributed by atoms with van der Waals surface area (Å²) in [5.41, 5.74) is 0.686. The van der Waals surface area contributed by atoms with Crippen LogP contribution in [-0.4, -0.2) is 51.2 Å². The smallest absolute Gasteiger partial charge is 0.331 e. The van der Waals surface area contributed by atoms with Gasteiger partial charge in [-0.15, -0.1) is 0 Å². The van der Waals surface area contributed by atoms with E-state index in [0.29, 0.717) is 17.1 Å². The van der Waals surface area contributed by atoms with Gasteiger partial charge in [0.15, 0.2) is 17.5 Å². The minimum Gasteiger partial charge on any atom is -0.493 e. The Balaban J connectivity index is 1.49. The van der Waals surface area contributed by atoms with Crippen LogP contribution >= 0.6 is 6.89 Å². The topological polar surface area (TPSA) is 100 Å². The summed E-state index contributed by atoms with van der Waals surface area (Å²) in [5, 5.41) is 5.93. The molecule has 0 heterocycles. The van der Waals surface area contributed by atoms with Crippen LogP contribution < -0.4 is 25.4 Å². The standard InChI is InChI=1S/C34H32NO7P/c1-39-31-20-18-26(22-32(31)40-2)19-21-33(36)41-23-27(35-38)24-42-34(37)25-43(28-12-6-3-7-13-28,29-14-8-4-9-15-29)30-16-10-5-11-17-30/h3-22,25,27H,23-24H2,1-2H3/b21-19+. The van der Waals surface area contributed by atoms with Gasteiger partial charge in [-0.25, -0.2) is 9.59 Å². The molecule has 4 rings (SSSR count). The van der Waals surface area contributed by atoms with E-state index >= 15 is 0 Å². The molecule has 0 amide bonds. The van der Waals surface area contributed by atoms with Crippen LogP contribution in [0.5, 0.6) is 11.5 Å². The Kier molecular flexibility index (Phi) is 11.1. The first-order valence-electron chi connectivity index (χ1n) is 13.5. The van der Waals surface area contributed by atoms with Crippen molar-refractivity contribution in [3.8, 4) is 11.5 Å². The summed E-state index contributed by atoms with van der Waals surface area (Å²) in [4.78, 5) is 37.2. The number of hydrogen-bond acceptors (Lipinski definition) is 8. The molecule has 4 aromatic carbocycles. The lowest BCUT2D eigenvalue weighted by Crippen LogP contribution is -2.30. The van der Waals surface area contributed by atoms with Crippen LogP contribution in [0.1, 0.15) is 5.56 Å². The Bertz CT molecular complexity index is 1500. The second-order valence-corrected chi connectivity index (χ2v) is 12.6. The predicted molar refractivity (Wildman–Crippen MR) is 171 cm³/mol. The zero-order valence-corrected chi connectivity index (χ0v) is 24.8. The molecule has 1 atom stereocenters. The lowest BCUT2D eigenvalue weighted by Gasteiger charge is -2.28. The van der Waals surface area contributed by atoms with Gasteiger partial charge in [-0.05, 0) is 46.6 Å². The van der Waals surface area contributed by atoms with Gasteiger partial charge in [-0.2, -0.15) is 4.91 Å². The van der Waals surface area contributed by atoms with Gasteiger partial charge in [0.25, 0.3) is 0 Å². The average Bonchev–Trinajstić information content (AvgIpc) is 3.07. The maximum atomic E-state index is 13.4. The molecule has 0 fully saturated rings. The molecule has 0 saturated carbocycles. The van der Waals surface area contributed by atoms with E-state index in [1.165, 1.54) is 20.3 Å². The second-order valence-electron chi connectivity index (χ2n) is 9.33. The summed E-state index contributed by atoms with van der Waals surface area (Å²) < 4.78 is 21.2. The summed E-state index contributed by atoms with van der Waals surface area (Å²) in [6.07, 6.45) is 2.77. The first-order chi connectivity index (χ1) is 21.0. The third kappa shape index (κ3) is 7.87. The Hall–Kier alpha value is -4.94. The minimum absolute atomic E-state index is 0.343. The van der Waals surface area contributed by atoms with E-state index in [9.17, 15) is 14.5 Å². The zero-order valence-electron chi connectivity index (χ0n) is 23.9. The van der Waals surface area contributed by atoms with E-state index in [0.717, 1.165) is 15.9 Å². The van der Waals surface area contributed by atoms with Gasteiger partial charge < -0.3 is 18.9 Å². The number of hydrogen-bond donors (Lipinski definition) is 0. The molecule has 0 aliphatic rings. The average molecular weight is 598 g/mol. The van der Waals surface area contributed by atoms with E-state index in [4.69, 9.17) is 18.9 Å². The number of ether oxygens (including phenoxy) is 4. The molecule has 0 spiro atoms. The molecule has 0 N–H and O–H groups in total. The van der Waals surface area contributed by atoms with Crippen LogP contribution in [0.15, 0.2) is 120 Å². The number of rotatable bonds is 13. The molecule has 1 unspecified atom stereocenters. The van der Waals surface area contributed by atoms with Crippen molar-refractivity contribution in [3.63, 3.8) is 0 Å². The molecule has 9 heteroatoms. The highest BCUT2D eigenvalue weighted by molar-refractivity contribution is 7.95. The molecule has 0 aliphatic heterocycles. The highest BCUT2D eigenvalue weighted by Crippen LogP contribution is 2.43. The third-order valence-corrected chi connectivity index (χ3v) is 10.5. The predicted octanol–water partition coefficient (Wildman–Crippen LogP) is 4.73. The molecule has 0 aliphatic carbocycles. The van der Waals surface area contributed by atoms with Crippen molar-refractivity contribution >= 4 is 46.6 Å². The summed E-state index contributed by atoms with van der Waals surface area (Å²) in [6, 6.07) is 33.5. The van der Waals surface area contributed by atoms with Gasteiger partial charge in [-0.1, -0.05) is 102 Å². The van der Waals surface area contributed by atoms with Crippen molar-refractivity contribution in [3.05, 3.63) is 126 Å². The van der Waals surface area contributed by atoms with Gasteiger partial charge in [0, 0.05) is 11.9 Å². The van der Waals surface area contributed by atoms with Crippen molar-refractivity contribution in [1.82, 2.24) is 0 Å². The van der Waals surface area contributed by atoms with E-state index in [-0.39, 0.29) is 13.2 Å². The van der Waals surface area contributed by atoms with Crippen LogP contribution in [0, 0.1) is 4.91 Å². The van der Waals surface area contributed by atoms with E-state index in [1.54, 1.807) is 30.1 Å². The Morgan fingerprint density at radius 2 is 1.19 bits per heavy atom. The number of nitrogens with zero attached hydrogens (tertiary/aromatic N) is 1. The second kappa shape index (κ2) is 15.3. The fraction of sp³-hybridized carbons (Fsp3) is 0.147. The van der Waals surface area contributed by atoms with Crippen molar-refractivity contribution in [1.29, 1.82) is 0 Å². The van der Waals surface area contributed by atoms with E-state index in [1.807, 2.05) is 91.0 Å². The third-order valence-electron chi connectivity index (χ3n) is 6.59. The number of carbonyl (C=O) groups excluding carboxylic acids is 2. The number of methoxy groups -OCH3 is 2. The number of carbonyl (C=O) groups is 2. The quantitative estimate of drug-likeness (QED) is 0.0951. The van der Waals surface area contributed by atoms with E-state index in [2.05, 4.69) is 5.18 Å². The largest absolute Gasteiger partial charge is 0.493 e. The number of benzene rings is 4. The van der Waals surface area contributed by atoms with Gasteiger partial charge in [-0.3, -0.25) is 0 Å². The molecular formula is C34H32NO7P. The molecule has 4 aromatic rings. The molecule has 220 valence electrons. The minimum atomic E-state index is -2.58. The number of esters is 2. The Morgan fingerprint density at radius 1 is 0.698 bits per heavy atom. The van der Waals surface area contributed by atoms with Gasteiger partial charge in [0.2, 0.25) is 0 Å². The maximum absolute atomic E-state index is 13.4. The fourth-order valence-electron chi connectivity index (χ4n) is 4.49. The van der Waals surface area contributed by atoms with Crippen LogP contribution in [0.2, 0.25) is 0 Å². The van der Waals surface area contributed by atoms with Crippen LogP contribution in [0.3, 0.4) is 0 Å². The highest BCUT2D eigenvalue weighted by Gasteiger charge is 2.27. The molecule has 43 heavy (non-hydrogen) atoms. The fourth-order valence-corrected chi connectivity index (χ4v) is 8.15. The molecule has 0 aromatic heterocycles. The van der Waals surface area contributed by atoms with Gasteiger partial charge in [0.1, 0.15) is 13.2 Å². The maximum Gasteiger partial charge on any atom is 0.331 e. The van der Waals surface area contributed by atoms with Crippen molar-refractivity contribution < 1.29 is 28.5 Å². The zero-order chi connectivity index (χ0) is 30.5. The normalized spacial score (nSPS) is 11.8. The van der Waals surface area contributed by atoms with Crippen LogP contribution in [0.25, 0.3) is 6.08 Å². The molecule has 0 radical (unpaired) electrons. The molecule has 0 bridgehead atoms. The first kappa shape index (κ1) is 31.0.